The number of hydrogen-bond acceptors (Lipinski definition) is 5. The van der Waals surface area contributed by atoms with Crippen LogP contribution >= 0.6 is 11.3 Å². The molecule has 1 fully saturated rings. The van der Waals surface area contributed by atoms with Crippen molar-refractivity contribution in [2.75, 3.05) is 5.32 Å². The summed E-state index contributed by atoms with van der Waals surface area (Å²) in [4.78, 5) is 11.4. The fourth-order valence-electron chi connectivity index (χ4n) is 2.37. The molecule has 9 heteroatoms. The molecule has 0 spiro atoms. The molecule has 0 radical (unpaired) electrons. The lowest BCUT2D eigenvalue weighted by Crippen LogP contribution is -2.46. The molecule has 0 aromatic carbocycles. The van der Waals surface area contributed by atoms with Crippen LogP contribution < -0.4 is 5.32 Å². The van der Waals surface area contributed by atoms with Crippen LogP contribution in [0.25, 0.3) is 0 Å². The van der Waals surface area contributed by atoms with Gasteiger partial charge >= 0.3 is 12.1 Å². The maximum atomic E-state index is 12.4. The summed E-state index contributed by atoms with van der Waals surface area (Å²) in [6, 6.07) is -0.442. The van der Waals surface area contributed by atoms with E-state index in [1.807, 2.05) is 0 Å². The molecule has 1 aromatic rings. The first kappa shape index (κ1) is 15.0. The Morgan fingerprint density at radius 3 is 2.70 bits per heavy atom. The number of anilines is 1. The van der Waals surface area contributed by atoms with Crippen LogP contribution in [0.3, 0.4) is 0 Å². The van der Waals surface area contributed by atoms with E-state index >= 15 is 0 Å². The molecular formula is C11H14F3N3O2S. The molecule has 1 saturated carbocycles. The number of carbonyl (C=O) groups is 1. The lowest BCUT2D eigenvalue weighted by atomic mass is 9.72. The SMILES string of the molecule is CC1(C(=O)O)CCCCC1Nc1nnc(C(F)(F)F)s1. The van der Waals surface area contributed by atoms with Gasteiger partial charge in [0.1, 0.15) is 0 Å². The Labute approximate surface area is 117 Å². The van der Waals surface area contributed by atoms with E-state index in [9.17, 15) is 23.1 Å². The molecule has 0 saturated heterocycles. The zero-order valence-corrected chi connectivity index (χ0v) is 11.5. The number of carboxylic acid groups (broad SMARTS) is 1. The zero-order valence-electron chi connectivity index (χ0n) is 10.7. The predicted octanol–water partition coefficient (Wildman–Crippen LogP) is 3.00. The molecule has 112 valence electrons. The van der Waals surface area contributed by atoms with Crippen molar-refractivity contribution < 1.29 is 23.1 Å². The predicted molar refractivity (Wildman–Crippen MR) is 66.5 cm³/mol. The lowest BCUT2D eigenvalue weighted by Gasteiger charge is -2.38. The number of alkyl halides is 3. The van der Waals surface area contributed by atoms with Gasteiger partial charge in [-0.1, -0.05) is 24.2 Å². The third-order valence-corrected chi connectivity index (χ3v) is 4.56. The Kier molecular flexibility index (Phi) is 3.90. The van der Waals surface area contributed by atoms with Gasteiger partial charge < -0.3 is 10.4 Å². The highest BCUT2D eigenvalue weighted by Crippen LogP contribution is 2.39. The van der Waals surface area contributed by atoms with Gasteiger partial charge in [-0.25, -0.2) is 0 Å². The third-order valence-electron chi connectivity index (χ3n) is 3.66. The van der Waals surface area contributed by atoms with Crippen LogP contribution in [0.5, 0.6) is 0 Å². The lowest BCUT2D eigenvalue weighted by molar-refractivity contribution is -0.150. The molecule has 20 heavy (non-hydrogen) atoms. The van der Waals surface area contributed by atoms with E-state index < -0.39 is 28.6 Å². The van der Waals surface area contributed by atoms with Crippen LogP contribution in [0.4, 0.5) is 18.3 Å². The van der Waals surface area contributed by atoms with E-state index in [0.717, 1.165) is 12.8 Å². The molecule has 2 atom stereocenters. The summed E-state index contributed by atoms with van der Waals surface area (Å²) in [6.07, 6.45) is -1.81. The Bertz CT molecular complexity index is 505. The highest BCUT2D eigenvalue weighted by Gasteiger charge is 2.44. The van der Waals surface area contributed by atoms with Gasteiger partial charge in [0.2, 0.25) is 10.1 Å². The van der Waals surface area contributed by atoms with E-state index in [1.165, 1.54) is 0 Å². The first-order valence-electron chi connectivity index (χ1n) is 6.14. The van der Waals surface area contributed by atoms with Crippen molar-refractivity contribution in [2.45, 2.75) is 44.8 Å². The van der Waals surface area contributed by atoms with Gasteiger partial charge in [0, 0.05) is 6.04 Å². The number of nitrogens with zero attached hydrogens (tertiary/aromatic N) is 2. The van der Waals surface area contributed by atoms with E-state index in [2.05, 4.69) is 15.5 Å². The quantitative estimate of drug-likeness (QED) is 0.897. The molecule has 1 aromatic heterocycles. The molecule has 2 N–H and O–H groups in total. The Morgan fingerprint density at radius 1 is 1.45 bits per heavy atom. The van der Waals surface area contributed by atoms with Gasteiger partial charge in [-0.05, 0) is 19.8 Å². The first-order valence-corrected chi connectivity index (χ1v) is 6.96. The van der Waals surface area contributed by atoms with Crippen LogP contribution in [-0.2, 0) is 11.0 Å². The molecule has 0 bridgehead atoms. The first-order chi connectivity index (χ1) is 9.23. The summed E-state index contributed by atoms with van der Waals surface area (Å²) in [7, 11) is 0. The molecule has 0 aliphatic heterocycles. The molecule has 1 aliphatic carbocycles. The average molecular weight is 309 g/mol. The molecule has 2 unspecified atom stereocenters. The van der Waals surface area contributed by atoms with Crippen LogP contribution in [0.15, 0.2) is 0 Å². The summed E-state index contributed by atoms with van der Waals surface area (Å²) in [5, 5.41) is 17.6. The monoisotopic (exact) mass is 309 g/mol. The number of aliphatic carboxylic acids is 1. The van der Waals surface area contributed by atoms with Gasteiger partial charge in [0.25, 0.3) is 0 Å². The fourth-order valence-corrected chi connectivity index (χ4v) is 3.03. The second kappa shape index (κ2) is 5.19. The maximum Gasteiger partial charge on any atom is 0.445 e. The molecule has 5 nitrogen and oxygen atoms in total. The number of nitrogens with one attached hydrogen (secondary N) is 1. The zero-order chi connectivity index (χ0) is 15.0. The minimum absolute atomic E-state index is 0.0108. The Morgan fingerprint density at radius 2 is 2.15 bits per heavy atom. The van der Waals surface area contributed by atoms with E-state index in [1.54, 1.807) is 6.92 Å². The largest absolute Gasteiger partial charge is 0.481 e. The summed E-state index contributed by atoms with van der Waals surface area (Å²) in [6.45, 7) is 1.61. The number of aromatic nitrogens is 2. The van der Waals surface area contributed by atoms with Crippen molar-refractivity contribution in [1.82, 2.24) is 10.2 Å². The van der Waals surface area contributed by atoms with Crippen molar-refractivity contribution in [3.8, 4) is 0 Å². The molecule has 2 rings (SSSR count). The van der Waals surface area contributed by atoms with Crippen molar-refractivity contribution >= 4 is 22.4 Å². The second-order valence-electron chi connectivity index (χ2n) is 5.08. The Balaban J connectivity index is 2.15. The summed E-state index contributed by atoms with van der Waals surface area (Å²) in [5.41, 5.74) is -0.998. The van der Waals surface area contributed by atoms with Gasteiger partial charge in [0.05, 0.1) is 5.41 Å². The van der Waals surface area contributed by atoms with Crippen molar-refractivity contribution in [3.63, 3.8) is 0 Å². The van der Waals surface area contributed by atoms with Crippen LogP contribution in [0.1, 0.15) is 37.6 Å². The van der Waals surface area contributed by atoms with Gasteiger partial charge in [-0.2, -0.15) is 13.2 Å². The summed E-state index contributed by atoms with van der Waals surface area (Å²) < 4.78 is 37.3. The average Bonchev–Trinajstić information content (AvgIpc) is 2.80. The van der Waals surface area contributed by atoms with Gasteiger partial charge in [0.15, 0.2) is 0 Å². The van der Waals surface area contributed by atoms with Crippen LogP contribution in [-0.4, -0.2) is 27.3 Å². The number of halogens is 3. The number of carboxylic acids is 1. The van der Waals surface area contributed by atoms with E-state index in [-0.39, 0.29) is 5.13 Å². The molecular weight excluding hydrogens is 295 g/mol. The topological polar surface area (TPSA) is 75.1 Å². The number of rotatable bonds is 3. The minimum atomic E-state index is -4.53. The highest BCUT2D eigenvalue weighted by molar-refractivity contribution is 7.15. The van der Waals surface area contributed by atoms with Crippen molar-refractivity contribution in [1.29, 1.82) is 0 Å². The fraction of sp³-hybridized carbons (Fsp3) is 0.727. The summed E-state index contributed by atoms with van der Waals surface area (Å²) >= 11 is 0.395. The number of hydrogen-bond donors (Lipinski definition) is 2. The standard InChI is InChI=1S/C11H14F3N3O2S/c1-10(8(18)19)5-3-2-4-6(10)15-9-17-16-7(20-9)11(12,13)14/h6H,2-5H2,1H3,(H,15,17)(H,18,19). The third kappa shape index (κ3) is 2.87. The normalized spacial score (nSPS) is 27.3. The molecule has 1 aliphatic rings. The Hall–Kier alpha value is -1.38. The van der Waals surface area contributed by atoms with E-state index in [0.29, 0.717) is 24.2 Å². The van der Waals surface area contributed by atoms with Crippen molar-refractivity contribution in [3.05, 3.63) is 5.01 Å². The van der Waals surface area contributed by atoms with Gasteiger partial charge in [-0.15, -0.1) is 10.2 Å². The summed E-state index contributed by atoms with van der Waals surface area (Å²) in [5.74, 6) is -0.949. The van der Waals surface area contributed by atoms with Crippen LogP contribution in [0.2, 0.25) is 0 Å². The minimum Gasteiger partial charge on any atom is -0.481 e. The smallest absolute Gasteiger partial charge is 0.445 e. The van der Waals surface area contributed by atoms with Crippen molar-refractivity contribution in [2.24, 2.45) is 5.41 Å². The van der Waals surface area contributed by atoms with Gasteiger partial charge in [-0.3, -0.25) is 4.79 Å². The van der Waals surface area contributed by atoms with Crippen LogP contribution in [0, 0.1) is 5.41 Å². The maximum absolute atomic E-state index is 12.4. The second-order valence-corrected chi connectivity index (χ2v) is 6.05. The molecule has 1 heterocycles. The molecule has 0 amide bonds. The highest BCUT2D eigenvalue weighted by atomic mass is 32.1. The van der Waals surface area contributed by atoms with E-state index in [4.69, 9.17) is 0 Å².